The summed E-state index contributed by atoms with van der Waals surface area (Å²) in [7, 11) is -3.81. The van der Waals surface area contributed by atoms with Crippen molar-refractivity contribution in [3.05, 3.63) is 98.6 Å². The number of carbonyl (C=O) groups excluding carboxylic acids is 2. The lowest BCUT2D eigenvalue weighted by Gasteiger charge is -2.35. The van der Waals surface area contributed by atoms with E-state index in [1.54, 1.807) is 48.5 Å². The Morgan fingerprint density at radius 1 is 0.923 bits per heavy atom. The van der Waals surface area contributed by atoms with Crippen LogP contribution in [0.5, 0.6) is 0 Å². The van der Waals surface area contributed by atoms with Crippen LogP contribution in [0.25, 0.3) is 0 Å². The maximum Gasteiger partial charge on any atom is 0.244 e. The molecule has 0 saturated heterocycles. The van der Waals surface area contributed by atoms with Crippen molar-refractivity contribution >= 4 is 61.7 Å². The van der Waals surface area contributed by atoms with E-state index in [0.717, 1.165) is 25.3 Å². The van der Waals surface area contributed by atoms with Gasteiger partial charge in [0.05, 0.1) is 11.9 Å². The molecule has 39 heavy (non-hydrogen) atoms. The van der Waals surface area contributed by atoms with Gasteiger partial charge in [-0.3, -0.25) is 13.9 Å². The van der Waals surface area contributed by atoms with Gasteiger partial charge >= 0.3 is 0 Å². The molecule has 0 bridgehead atoms. The van der Waals surface area contributed by atoms with Gasteiger partial charge in [0.1, 0.15) is 12.6 Å². The number of anilines is 1. The fourth-order valence-corrected chi connectivity index (χ4v) is 5.35. The second-order valence-corrected chi connectivity index (χ2v) is 13.9. The molecule has 0 spiro atoms. The van der Waals surface area contributed by atoms with Crippen molar-refractivity contribution in [3.63, 3.8) is 0 Å². The number of benzene rings is 3. The Morgan fingerprint density at radius 2 is 1.51 bits per heavy atom. The average molecular weight is 682 g/mol. The summed E-state index contributed by atoms with van der Waals surface area (Å²) in [5, 5.41) is 3.55. The molecule has 2 amide bonds. The van der Waals surface area contributed by atoms with Gasteiger partial charge < -0.3 is 10.2 Å². The third-order valence-electron chi connectivity index (χ3n) is 5.83. The molecular formula is C29H33ClIN3O4S. The van der Waals surface area contributed by atoms with Gasteiger partial charge in [0.25, 0.3) is 0 Å². The van der Waals surface area contributed by atoms with Crippen molar-refractivity contribution in [1.82, 2.24) is 10.2 Å². The molecule has 0 aromatic heterocycles. The second kappa shape index (κ2) is 13.1. The number of hydrogen-bond donors (Lipinski definition) is 1. The molecule has 3 rings (SSSR count). The number of rotatable bonds is 10. The minimum atomic E-state index is -3.81. The SMILES string of the molecule is CC(C)(C)NC(=O)C(Cc1ccccc1)N(Cc1ccc(Cl)cc1)C(=O)CN(c1ccc(I)cc1)S(C)(=O)=O. The van der Waals surface area contributed by atoms with E-state index in [-0.39, 0.29) is 18.9 Å². The lowest BCUT2D eigenvalue weighted by Crippen LogP contribution is -2.56. The van der Waals surface area contributed by atoms with Crippen LogP contribution in [0.1, 0.15) is 31.9 Å². The van der Waals surface area contributed by atoms with Gasteiger partial charge in [-0.25, -0.2) is 8.42 Å². The van der Waals surface area contributed by atoms with E-state index in [0.29, 0.717) is 10.7 Å². The highest BCUT2D eigenvalue weighted by atomic mass is 127. The monoisotopic (exact) mass is 681 g/mol. The van der Waals surface area contributed by atoms with E-state index in [2.05, 4.69) is 27.9 Å². The van der Waals surface area contributed by atoms with Crippen molar-refractivity contribution < 1.29 is 18.0 Å². The minimum Gasteiger partial charge on any atom is -0.350 e. The number of nitrogens with one attached hydrogen (secondary N) is 1. The van der Waals surface area contributed by atoms with E-state index in [4.69, 9.17) is 11.6 Å². The summed E-state index contributed by atoms with van der Waals surface area (Å²) in [5.41, 5.74) is 1.46. The molecule has 0 aliphatic carbocycles. The zero-order chi connectivity index (χ0) is 28.8. The predicted molar refractivity (Wildman–Crippen MR) is 165 cm³/mol. The molecule has 0 heterocycles. The highest BCUT2D eigenvalue weighted by molar-refractivity contribution is 14.1. The molecule has 1 N–H and O–H groups in total. The quantitative estimate of drug-likeness (QED) is 0.296. The first-order valence-corrected chi connectivity index (χ1v) is 15.7. The number of carbonyl (C=O) groups is 2. The summed E-state index contributed by atoms with van der Waals surface area (Å²) in [6.07, 6.45) is 1.32. The molecule has 0 aliphatic heterocycles. The summed E-state index contributed by atoms with van der Waals surface area (Å²) in [4.78, 5) is 29.2. The molecule has 1 atom stereocenters. The minimum absolute atomic E-state index is 0.0926. The molecule has 0 saturated carbocycles. The van der Waals surface area contributed by atoms with E-state index in [1.165, 1.54) is 4.90 Å². The van der Waals surface area contributed by atoms with Crippen LogP contribution in [-0.4, -0.2) is 49.5 Å². The Balaban J connectivity index is 2.06. The van der Waals surface area contributed by atoms with Crippen molar-refractivity contribution in [3.8, 4) is 0 Å². The van der Waals surface area contributed by atoms with E-state index in [1.807, 2.05) is 51.1 Å². The predicted octanol–water partition coefficient (Wildman–Crippen LogP) is 5.27. The summed E-state index contributed by atoms with van der Waals surface area (Å²) in [6.45, 7) is 5.25. The van der Waals surface area contributed by atoms with Crippen LogP contribution in [0.15, 0.2) is 78.9 Å². The van der Waals surface area contributed by atoms with Crippen LogP contribution in [0, 0.1) is 3.57 Å². The summed E-state index contributed by atoms with van der Waals surface area (Å²) in [6, 6.07) is 22.4. The number of hydrogen-bond acceptors (Lipinski definition) is 4. The molecule has 0 aliphatic rings. The van der Waals surface area contributed by atoms with Gasteiger partial charge in [0, 0.05) is 27.1 Å². The highest BCUT2D eigenvalue weighted by Gasteiger charge is 2.34. The number of sulfonamides is 1. The molecule has 0 radical (unpaired) electrons. The molecule has 10 heteroatoms. The number of nitrogens with zero attached hydrogens (tertiary/aromatic N) is 2. The smallest absolute Gasteiger partial charge is 0.244 e. The van der Waals surface area contributed by atoms with Gasteiger partial charge in [-0.15, -0.1) is 0 Å². The molecular weight excluding hydrogens is 649 g/mol. The van der Waals surface area contributed by atoms with Crippen LogP contribution in [0.4, 0.5) is 5.69 Å². The molecule has 208 valence electrons. The van der Waals surface area contributed by atoms with Gasteiger partial charge in [-0.1, -0.05) is 54.1 Å². The maximum absolute atomic E-state index is 14.0. The lowest BCUT2D eigenvalue weighted by molar-refractivity contribution is -0.140. The van der Waals surface area contributed by atoms with Gasteiger partial charge in [-0.2, -0.15) is 0 Å². The highest BCUT2D eigenvalue weighted by Crippen LogP contribution is 2.22. The molecule has 3 aromatic rings. The van der Waals surface area contributed by atoms with Crippen LogP contribution in [0.3, 0.4) is 0 Å². The second-order valence-electron chi connectivity index (χ2n) is 10.3. The largest absolute Gasteiger partial charge is 0.350 e. The van der Waals surface area contributed by atoms with Crippen molar-refractivity contribution in [2.24, 2.45) is 0 Å². The zero-order valence-corrected chi connectivity index (χ0v) is 26.1. The third kappa shape index (κ3) is 9.51. The van der Waals surface area contributed by atoms with E-state index in [9.17, 15) is 18.0 Å². The van der Waals surface area contributed by atoms with Crippen LogP contribution in [-0.2, 0) is 32.6 Å². The lowest BCUT2D eigenvalue weighted by atomic mass is 10.0. The van der Waals surface area contributed by atoms with Gasteiger partial charge in [-0.05, 0) is 90.9 Å². The molecule has 3 aromatic carbocycles. The Morgan fingerprint density at radius 3 is 2.05 bits per heavy atom. The fraction of sp³-hybridized carbons (Fsp3) is 0.310. The summed E-state index contributed by atoms with van der Waals surface area (Å²) in [5.74, 6) is -0.826. The van der Waals surface area contributed by atoms with Crippen molar-refractivity contribution in [2.75, 3.05) is 17.1 Å². The summed E-state index contributed by atoms with van der Waals surface area (Å²) < 4.78 is 27.6. The maximum atomic E-state index is 14.0. The normalized spacial score (nSPS) is 12.5. The molecule has 0 fully saturated rings. The van der Waals surface area contributed by atoms with E-state index >= 15 is 0 Å². The molecule has 1 unspecified atom stereocenters. The van der Waals surface area contributed by atoms with Crippen molar-refractivity contribution in [1.29, 1.82) is 0 Å². The number of amides is 2. The first-order chi connectivity index (χ1) is 18.2. The van der Waals surface area contributed by atoms with Crippen LogP contribution < -0.4 is 9.62 Å². The van der Waals surface area contributed by atoms with E-state index < -0.39 is 34.1 Å². The van der Waals surface area contributed by atoms with Crippen LogP contribution in [0.2, 0.25) is 5.02 Å². The fourth-order valence-electron chi connectivity index (χ4n) is 4.01. The molecule has 7 nitrogen and oxygen atoms in total. The Labute approximate surface area is 249 Å². The van der Waals surface area contributed by atoms with Gasteiger partial charge in [0.15, 0.2) is 0 Å². The Hall–Kier alpha value is -2.63. The van der Waals surface area contributed by atoms with Crippen molar-refractivity contribution in [2.45, 2.75) is 45.3 Å². The average Bonchev–Trinajstić information content (AvgIpc) is 2.85. The Kier molecular flexibility index (Phi) is 10.4. The third-order valence-corrected chi connectivity index (χ3v) is 7.94. The van der Waals surface area contributed by atoms with Crippen LogP contribution >= 0.6 is 34.2 Å². The first-order valence-electron chi connectivity index (χ1n) is 12.4. The van der Waals surface area contributed by atoms with Gasteiger partial charge in [0.2, 0.25) is 21.8 Å². The summed E-state index contributed by atoms with van der Waals surface area (Å²) >= 11 is 8.21. The zero-order valence-electron chi connectivity index (χ0n) is 22.4. The number of halogens is 2. The first kappa shape index (κ1) is 30.9. The standard InChI is InChI=1S/C29H33ClIN3O4S/c1-29(2,3)32-28(36)26(18-21-8-6-5-7-9-21)33(19-22-10-12-23(30)13-11-22)27(35)20-34(39(4,37)38)25-16-14-24(31)15-17-25/h5-17,26H,18-20H2,1-4H3,(H,32,36). The topological polar surface area (TPSA) is 86.8 Å². The Bertz CT molecular complexity index is 1380.